The number of hydrogen-bond acceptors (Lipinski definition) is 6. The Morgan fingerprint density at radius 2 is 2.26 bits per heavy atom. The van der Waals surface area contributed by atoms with Crippen molar-refractivity contribution in [2.24, 2.45) is 0 Å². The number of ether oxygens (including phenoxy) is 1. The van der Waals surface area contributed by atoms with Gasteiger partial charge in [-0.2, -0.15) is 5.10 Å². The summed E-state index contributed by atoms with van der Waals surface area (Å²) in [4.78, 5) is 19.5. The molecule has 19 heavy (non-hydrogen) atoms. The van der Waals surface area contributed by atoms with Gasteiger partial charge in [0.2, 0.25) is 0 Å². The van der Waals surface area contributed by atoms with Crippen LogP contribution >= 0.6 is 15.9 Å². The second-order valence-electron chi connectivity index (χ2n) is 3.56. The van der Waals surface area contributed by atoms with E-state index in [1.807, 2.05) is 0 Å². The molecule has 0 aliphatic heterocycles. The lowest BCUT2D eigenvalue weighted by molar-refractivity contribution is 0.0519. The highest BCUT2D eigenvalue weighted by Crippen LogP contribution is 2.13. The van der Waals surface area contributed by atoms with Crippen LogP contribution in [0, 0.1) is 0 Å². The maximum Gasteiger partial charge on any atom is 0.358 e. The summed E-state index contributed by atoms with van der Waals surface area (Å²) in [7, 11) is 0. The van der Waals surface area contributed by atoms with E-state index in [4.69, 9.17) is 4.74 Å². The number of carbonyl (C=O) groups excluding carboxylic acids is 1. The Hall–Kier alpha value is -1.96. The zero-order chi connectivity index (χ0) is 13.7. The predicted octanol–water partition coefficient (Wildman–Crippen LogP) is 1.75. The number of H-pyrrole nitrogens is 1. The molecule has 2 N–H and O–H groups in total. The highest BCUT2D eigenvalue weighted by Gasteiger charge is 2.08. The van der Waals surface area contributed by atoms with Gasteiger partial charge >= 0.3 is 5.97 Å². The lowest BCUT2D eigenvalue weighted by Crippen LogP contribution is -2.09. The van der Waals surface area contributed by atoms with Crippen LogP contribution in [0.15, 0.2) is 23.1 Å². The molecule has 2 rings (SSSR count). The predicted molar refractivity (Wildman–Crippen MR) is 71.6 cm³/mol. The molecule has 0 aromatic carbocycles. The third kappa shape index (κ3) is 3.50. The van der Waals surface area contributed by atoms with Gasteiger partial charge in [0.25, 0.3) is 0 Å². The zero-order valence-electron chi connectivity index (χ0n) is 10.2. The quantitative estimate of drug-likeness (QED) is 0.813. The fourth-order valence-corrected chi connectivity index (χ4v) is 1.66. The van der Waals surface area contributed by atoms with Crippen LogP contribution in [-0.4, -0.2) is 32.7 Å². The molecule has 0 atom stereocenters. The molecule has 2 aromatic rings. The zero-order valence-corrected chi connectivity index (χ0v) is 11.8. The summed E-state index contributed by atoms with van der Waals surface area (Å²) in [6, 6.07) is 0. The van der Waals surface area contributed by atoms with Crippen LogP contribution in [0.3, 0.4) is 0 Å². The van der Waals surface area contributed by atoms with Crippen molar-refractivity contribution in [3.63, 3.8) is 0 Å². The average Bonchev–Trinajstić information content (AvgIpc) is 2.83. The molecule has 8 heteroatoms. The first kappa shape index (κ1) is 13.5. The van der Waals surface area contributed by atoms with Crippen molar-refractivity contribution in [1.29, 1.82) is 0 Å². The maximum atomic E-state index is 11.4. The van der Waals surface area contributed by atoms with Crippen molar-refractivity contribution in [3.8, 4) is 0 Å². The van der Waals surface area contributed by atoms with Crippen LogP contribution in [-0.2, 0) is 11.3 Å². The van der Waals surface area contributed by atoms with E-state index in [1.165, 1.54) is 12.4 Å². The number of carbonyl (C=O) groups is 1. The van der Waals surface area contributed by atoms with Crippen LogP contribution in [0.1, 0.15) is 23.1 Å². The smallest absolute Gasteiger partial charge is 0.358 e. The molecular weight excluding hydrogens is 314 g/mol. The summed E-state index contributed by atoms with van der Waals surface area (Å²) < 4.78 is 5.71. The molecule has 0 spiro atoms. The maximum absolute atomic E-state index is 11.4. The summed E-state index contributed by atoms with van der Waals surface area (Å²) in [5.74, 6) is 0.0902. The minimum atomic E-state index is -0.474. The number of nitrogens with zero attached hydrogens (tertiary/aromatic N) is 3. The summed E-state index contributed by atoms with van der Waals surface area (Å²) in [5, 5.41) is 9.78. The van der Waals surface area contributed by atoms with Gasteiger partial charge in [0.05, 0.1) is 41.9 Å². The third-order valence-corrected chi connectivity index (χ3v) is 2.93. The average molecular weight is 326 g/mol. The molecule has 0 radical (unpaired) electrons. The van der Waals surface area contributed by atoms with Crippen molar-refractivity contribution in [1.82, 2.24) is 20.2 Å². The molecule has 0 saturated carbocycles. The van der Waals surface area contributed by atoms with Gasteiger partial charge in [-0.3, -0.25) is 5.10 Å². The van der Waals surface area contributed by atoms with Crippen molar-refractivity contribution in [3.05, 3.63) is 34.5 Å². The van der Waals surface area contributed by atoms with Gasteiger partial charge in [0, 0.05) is 0 Å². The molecule has 7 nitrogen and oxygen atoms in total. The number of aromatic nitrogens is 4. The minimum absolute atomic E-state index is 0.190. The largest absolute Gasteiger partial charge is 0.461 e. The highest BCUT2D eigenvalue weighted by molar-refractivity contribution is 9.10. The van der Waals surface area contributed by atoms with Crippen molar-refractivity contribution >= 4 is 27.7 Å². The number of aromatic amines is 1. The van der Waals surface area contributed by atoms with E-state index in [1.54, 1.807) is 13.1 Å². The molecule has 0 amide bonds. The topological polar surface area (TPSA) is 92.8 Å². The Balaban J connectivity index is 1.95. The van der Waals surface area contributed by atoms with Gasteiger partial charge in [-0.25, -0.2) is 14.8 Å². The number of esters is 1. The summed E-state index contributed by atoms with van der Waals surface area (Å²) >= 11 is 3.36. The van der Waals surface area contributed by atoms with Gasteiger partial charge in [-0.05, 0) is 22.9 Å². The number of rotatable bonds is 5. The van der Waals surface area contributed by atoms with E-state index in [2.05, 4.69) is 41.4 Å². The van der Waals surface area contributed by atoms with E-state index in [0.717, 1.165) is 10.2 Å². The molecule has 2 aromatic heterocycles. The Labute approximate surface area is 117 Å². The van der Waals surface area contributed by atoms with Crippen molar-refractivity contribution < 1.29 is 9.53 Å². The highest BCUT2D eigenvalue weighted by atomic mass is 79.9. The molecule has 100 valence electrons. The number of halogens is 1. The molecule has 0 unspecified atom stereocenters. The van der Waals surface area contributed by atoms with Gasteiger partial charge < -0.3 is 10.1 Å². The summed E-state index contributed by atoms with van der Waals surface area (Å²) in [6.45, 7) is 2.58. The van der Waals surface area contributed by atoms with E-state index in [-0.39, 0.29) is 5.69 Å². The summed E-state index contributed by atoms with van der Waals surface area (Å²) in [5.41, 5.74) is 1.09. The molecule has 0 fully saturated rings. The Morgan fingerprint density at radius 1 is 1.42 bits per heavy atom. The summed E-state index contributed by atoms with van der Waals surface area (Å²) in [6.07, 6.45) is 4.53. The SMILES string of the molecule is CCOC(=O)c1cnc(NCc2[nH]ncc2Br)cn1. The van der Waals surface area contributed by atoms with Gasteiger partial charge in [-0.1, -0.05) is 0 Å². The Kier molecular flexibility index (Phi) is 4.45. The first-order chi connectivity index (χ1) is 9.20. The van der Waals surface area contributed by atoms with Crippen LogP contribution in [0.25, 0.3) is 0 Å². The van der Waals surface area contributed by atoms with Gasteiger partial charge in [0.1, 0.15) is 5.82 Å². The fraction of sp³-hybridized carbons (Fsp3) is 0.273. The van der Waals surface area contributed by atoms with E-state index in [0.29, 0.717) is 19.0 Å². The lowest BCUT2D eigenvalue weighted by atomic mass is 10.4. The second kappa shape index (κ2) is 6.28. The number of anilines is 1. The van der Waals surface area contributed by atoms with E-state index in [9.17, 15) is 4.79 Å². The number of nitrogens with one attached hydrogen (secondary N) is 2. The monoisotopic (exact) mass is 325 g/mol. The molecular formula is C11H12BrN5O2. The third-order valence-electron chi connectivity index (χ3n) is 2.25. The second-order valence-corrected chi connectivity index (χ2v) is 4.41. The van der Waals surface area contributed by atoms with Crippen LogP contribution < -0.4 is 5.32 Å². The van der Waals surface area contributed by atoms with E-state index >= 15 is 0 Å². The van der Waals surface area contributed by atoms with Gasteiger partial charge in [-0.15, -0.1) is 0 Å². The minimum Gasteiger partial charge on any atom is -0.461 e. The lowest BCUT2D eigenvalue weighted by Gasteiger charge is -2.05. The van der Waals surface area contributed by atoms with Crippen LogP contribution in [0.5, 0.6) is 0 Å². The molecule has 0 aliphatic rings. The Morgan fingerprint density at radius 3 is 2.84 bits per heavy atom. The first-order valence-corrected chi connectivity index (χ1v) is 6.40. The molecule has 0 bridgehead atoms. The Bertz CT molecular complexity index is 554. The van der Waals surface area contributed by atoms with Crippen LogP contribution in [0.4, 0.5) is 5.82 Å². The normalized spacial score (nSPS) is 10.2. The fourth-order valence-electron chi connectivity index (χ4n) is 1.33. The van der Waals surface area contributed by atoms with Gasteiger partial charge in [0.15, 0.2) is 5.69 Å². The molecule has 0 saturated heterocycles. The molecule has 0 aliphatic carbocycles. The molecule has 2 heterocycles. The first-order valence-electron chi connectivity index (χ1n) is 5.61. The standard InChI is InChI=1S/C11H12BrN5O2/c1-2-19-11(18)9-5-15-10(6-13-9)14-4-8-7(12)3-16-17-8/h3,5-6H,2,4H2,1H3,(H,14,15)(H,16,17). The van der Waals surface area contributed by atoms with Crippen LogP contribution in [0.2, 0.25) is 0 Å². The van der Waals surface area contributed by atoms with E-state index < -0.39 is 5.97 Å². The number of hydrogen-bond donors (Lipinski definition) is 2. The van der Waals surface area contributed by atoms with Crippen molar-refractivity contribution in [2.75, 3.05) is 11.9 Å². The van der Waals surface area contributed by atoms with Crippen molar-refractivity contribution in [2.45, 2.75) is 13.5 Å².